The van der Waals surface area contributed by atoms with Gasteiger partial charge in [0, 0.05) is 11.4 Å². The SMILES string of the molecule is CCOC(=O)c1c(C)[nH]c(C)c1C(=O)COC(=O)c1sc2nc(C)[nH]c(=O)c2c1C. The van der Waals surface area contributed by atoms with Crippen LogP contribution in [0.4, 0.5) is 0 Å². The number of rotatable bonds is 6. The Bertz CT molecular complexity index is 1230. The molecule has 0 aliphatic rings. The molecule has 0 saturated carbocycles. The number of aromatic nitrogens is 3. The molecule has 3 aromatic heterocycles. The van der Waals surface area contributed by atoms with Gasteiger partial charge in [0.05, 0.1) is 23.1 Å². The lowest BCUT2D eigenvalue weighted by atomic mass is 10.1. The van der Waals surface area contributed by atoms with Crippen LogP contribution in [0.2, 0.25) is 0 Å². The van der Waals surface area contributed by atoms with E-state index in [0.29, 0.717) is 33.0 Å². The van der Waals surface area contributed by atoms with Crippen molar-refractivity contribution in [3.05, 3.63) is 49.1 Å². The lowest BCUT2D eigenvalue weighted by Crippen LogP contribution is -2.18. The summed E-state index contributed by atoms with van der Waals surface area (Å²) in [6.45, 7) is 7.88. The van der Waals surface area contributed by atoms with E-state index in [1.165, 1.54) is 0 Å². The summed E-state index contributed by atoms with van der Waals surface area (Å²) in [7, 11) is 0. The minimum absolute atomic E-state index is 0.139. The molecule has 0 saturated heterocycles. The van der Waals surface area contributed by atoms with Crippen LogP contribution >= 0.6 is 11.3 Å². The van der Waals surface area contributed by atoms with Gasteiger partial charge in [0.1, 0.15) is 15.5 Å². The second-order valence-corrected chi connectivity index (χ2v) is 7.73. The number of hydrogen-bond donors (Lipinski definition) is 2. The first-order valence-electron chi connectivity index (χ1n) is 9.22. The molecule has 0 amide bonds. The van der Waals surface area contributed by atoms with Gasteiger partial charge in [-0.2, -0.15) is 0 Å². The highest BCUT2D eigenvalue weighted by molar-refractivity contribution is 7.20. The van der Waals surface area contributed by atoms with Crippen molar-refractivity contribution in [1.82, 2.24) is 15.0 Å². The number of thiophene rings is 1. The minimum atomic E-state index is -0.733. The van der Waals surface area contributed by atoms with Gasteiger partial charge in [0.2, 0.25) is 5.78 Å². The molecule has 0 bridgehead atoms. The molecule has 0 spiro atoms. The Labute approximate surface area is 175 Å². The second kappa shape index (κ2) is 8.23. The fraction of sp³-hybridized carbons (Fsp3) is 0.350. The Morgan fingerprint density at radius 2 is 1.63 bits per heavy atom. The predicted octanol–water partition coefficient (Wildman–Crippen LogP) is 2.76. The maximum absolute atomic E-state index is 12.7. The van der Waals surface area contributed by atoms with Crippen LogP contribution in [-0.4, -0.2) is 45.9 Å². The standard InChI is InChI=1S/C20H21N3O6S/c1-6-28-19(26)15-10(4)21-9(3)14(15)12(24)7-29-20(27)16-8(2)13-17(25)22-11(5)23-18(13)30-16/h21H,6-7H2,1-5H3,(H,22,23,25). The molecule has 0 aliphatic carbocycles. The number of H-pyrrole nitrogens is 2. The third kappa shape index (κ3) is 3.78. The Hall–Kier alpha value is -3.27. The number of carbonyl (C=O) groups is 3. The number of aromatic amines is 2. The van der Waals surface area contributed by atoms with E-state index in [-0.39, 0.29) is 28.2 Å². The summed E-state index contributed by atoms with van der Waals surface area (Å²) in [5.74, 6) is -1.44. The number of nitrogens with zero attached hydrogens (tertiary/aromatic N) is 1. The number of hydrogen-bond acceptors (Lipinski definition) is 8. The van der Waals surface area contributed by atoms with Crippen molar-refractivity contribution in [2.75, 3.05) is 13.2 Å². The van der Waals surface area contributed by atoms with E-state index in [2.05, 4.69) is 15.0 Å². The van der Waals surface area contributed by atoms with Gasteiger partial charge in [-0.3, -0.25) is 9.59 Å². The van der Waals surface area contributed by atoms with Crippen LogP contribution in [0.25, 0.3) is 10.2 Å². The van der Waals surface area contributed by atoms with Crippen LogP contribution in [0.3, 0.4) is 0 Å². The van der Waals surface area contributed by atoms with Gasteiger partial charge in [0.15, 0.2) is 6.61 Å². The summed E-state index contributed by atoms with van der Waals surface area (Å²) in [6.07, 6.45) is 0. The molecule has 3 heterocycles. The van der Waals surface area contributed by atoms with Gasteiger partial charge in [-0.05, 0) is 40.2 Å². The van der Waals surface area contributed by atoms with Crippen LogP contribution < -0.4 is 5.56 Å². The van der Waals surface area contributed by atoms with Crippen LogP contribution in [-0.2, 0) is 9.47 Å². The van der Waals surface area contributed by atoms with E-state index in [0.717, 1.165) is 11.3 Å². The van der Waals surface area contributed by atoms with Gasteiger partial charge in [-0.25, -0.2) is 14.6 Å². The first-order chi connectivity index (χ1) is 14.1. The quantitative estimate of drug-likeness (QED) is 0.453. The molecule has 0 aromatic carbocycles. The molecular weight excluding hydrogens is 410 g/mol. The van der Waals surface area contributed by atoms with Gasteiger partial charge in [-0.1, -0.05) is 0 Å². The molecule has 10 heteroatoms. The average Bonchev–Trinajstić information content (AvgIpc) is 3.15. The van der Waals surface area contributed by atoms with E-state index in [1.54, 1.807) is 34.6 Å². The zero-order valence-electron chi connectivity index (χ0n) is 17.2. The Kier molecular flexibility index (Phi) is 5.88. The molecule has 0 unspecified atom stereocenters. The third-order valence-corrected chi connectivity index (χ3v) is 5.74. The van der Waals surface area contributed by atoms with E-state index in [4.69, 9.17) is 9.47 Å². The highest BCUT2D eigenvalue weighted by Crippen LogP contribution is 2.28. The van der Waals surface area contributed by atoms with Crippen molar-refractivity contribution in [2.24, 2.45) is 0 Å². The maximum atomic E-state index is 12.7. The average molecular weight is 431 g/mol. The minimum Gasteiger partial charge on any atom is -0.462 e. The van der Waals surface area contributed by atoms with Crippen molar-refractivity contribution in [3.63, 3.8) is 0 Å². The molecule has 9 nitrogen and oxygen atoms in total. The number of fused-ring (bicyclic) bond motifs is 1. The number of aryl methyl sites for hydroxylation is 4. The summed E-state index contributed by atoms with van der Waals surface area (Å²) in [4.78, 5) is 60.1. The number of Topliss-reactive ketones (excluding diaryl/α,β-unsaturated/α-hetero) is 1. The number of ketones is 1. The fourth-order valence-electron chi connectivity index (χ4n) is 3.30. The summed E-state index contributed by atoms with van der Waals surface area (Å²) < 4.78 is 10.2. The zero-order valence-corrected chi connectivity index (χ0v) is 18.0. The van der Waals surface area contributed by atoms with Crippen molar-refractivity contribution < 1.29 is 23.9 Å². The Morgan fingerprint density at radius 3 is 2.30 bits per heavy atom. The first-order valence-corrected chi connectivity index (χ1v) is 10.0. The second-order valence-electron chi connectivity index (χ2n) is 6.73. The topological polar surface area (TPSA) is 131 Å². The number of ether oxygens (including phenoxy) is 2. The third-order valence-electron chi connectivity index (χ3n) is 4.57. The zero-order chi connectivity index (χ0) is 22.2. The maximum Gasteiger partial charge on any atom is 0.349 e. The van der Waals surface area contributed by atoms with Gasteiger partial charge < -0.3 is 19.4 Å². The summed E-state index contributed by atoms with van der Waals surface area (Å²) in [5.41, 5.74) is 1.38. The largest absolute Gasteiger partial charge is 0.462 e. The summed E-state index contributed by atoms with van der Waals surface area (Å²) >= 11 is 1.03. The molecular formula is C20H21N3O6S. The molecule has 0 radical (unpaired) electrons. The lowest BCUT2D eigenvalue weighted by Gasteiger charge is -2.07. The van der Waals surface area contributed by atoms with E-state index >= 15 is 0 Å². The number of nitrogens with one attached hydrogen (secondary N) is 2. The monoisotopic (exact) mass is 431 g/mol. The molecule has 0 atom stereocenters. The first kappa shape index (κ1) is 21.4. The van der Waals surface area contributed by atoms with E-state index < -0.39 is 24.3 Å². The Morgan fingerprint density at radius 1 is 0.967 bits per heavy atom. The fourth-order valence-corrected chi connectivity index (χ4v) is 4.42. The van der Waals surface area contributed by atoms with Crippen molar-refractivity contribution in [3.8, 4) is 0 Å². The van der Waals surface area contributed by atoms with Crippen LogP contribution in [0.15, 0.2) is 4.79 Å². The lowest BCUT2D eigenvalue weighted by molar-refractivity contribution is 0.0476. The highest BCUT2D eigenvalue weighted by Gasteiger charge is 2.27. The number of carbonyl (C=O) groups excluding carboxylic acids is 3. The molecule has 158 valence electrons. The van der Waals surface area contributed by atoms with Gasteiger partial charge in [0.25, 0.3) is 5.56 Å². The summed E-state index contributed by atoms with van der Waals surface area (Å²) in [6, 6.07) is 0. The molecule has 0 fully saturated rings. The van der Waals surface area contributed by atoms with Crippen molar-refractivity contribution in [2.45, 2.75) is 34.6 Å². The molecule has 2 N–H and O–H groups in total. The van der Waals surface area contributed by atoms with Gasteiger partial charge >= 0.3 is 11.9 Å². The molecule has 0 aliphatic heterocycles. The van der Waals surface area contributed by atoms with Crippen LogP contribution in [0.1, 0.15) is 60.1 Å². The van der Waals surface area contributed by atoms with E-state index in [1.807, 2.05) is 0 Å². The summed E-state index contributed by atoms with van der Waals surface area (Å²) in [5, 5.41) is 0.325. The van der Waals surface area contributed by atoms with E-state index in [9.17, 15) is 19.2 Å². The van der Waals surface area contributed by atoms with Crippen LogP contribution in [0, 0.1) is 27.7 Å². The van der Waals surface area contributed by atoms with Crippen molar-refractivity contribution >= 4 is 39.3 Å². The molecule has 30 heavy (non-hydrogen) atoms. The normalized spacial score (nSPS) is 11.0. The van der Waals surface area contributed by atoms with Crippen molar-refractivity contribution in [1.29, 1.82) is 0 Å². The molecule has 3 rings (SSSR count). The van der Waals surface area contributed by atoms with Gasteiger partial charge in [-0.15, -0.1) is 11.3 Å². The Balaban J connectivity index is 1.84. The predicted molar refractivity (Wildman–Crippen MR) is 111 cm³/mol. The highest BCUT2D eigenvalue weighted by atomic mass is 32.1. The number of esters is 2. The molecule has 3 aromatic rings. The smallest absolute Gasteiger partial charge is 0.349 e. The van der Waals surface area contributed by atoms with Crippen LogP contribution in [0.5, 0.6) is 0 Å².